The van der Waals surface area contributed by atoms with Gasteiger partial charge in [-0.05, 0) is 30.9 Å². The van der Waals surface area contributed by atoms with Crippen LogP contribution in [0.5, 0.6) is 0 Å². The molecule has 0 spiro atoms. The first-order valence-electron chi connectivity index (χ1n) is 5.24. The van der Waals surface area contributed by atoms with Crippen LogP contribution in [0.2, 0.25) is 0 Å². The first kappa shape index (κ1) is 12.0. The summed E-state index contributed by atoms with van der Waals surface area (Å²) in [6, 6.07) is 5.16. The van der Waals surface area contributed by atoms with Crippen molar-refractivity contribution in [1.29, 1.82) is 0 Å². The van der Waals surface area contributed by atoms with Crippen molar-refractivity contribution < 1.29 is 23.1 Å². The number of benzene rings is 1. The van der Waals surface area contributed by atoms with Gasteiger partial charge in [0.05, 0.1) is 11.0 Å². The van der Waals surface area contributed by atoms with Crippen molar-refractivity contribution >= 4 is 5.97 Å². The molecule has 0 aliphatic heterocycles. The molecule has 0 unspecified atom stereocenters. The highest BCUT2D eigenvalue weighted by molar-refractivity contribution is 5.78. The van der Waals surface area contributed by atoms with E-state index in [1.807, 2.05) is 0 Å². The van der Waals surface area contributed by atoms with Gasteiger partial charge >= 0.3 is 12.1 Å². The van der Waals surface area contributed by atoms with Crippen molar-refractivity contribution in [2.75, 3.05) is 0 Å². The second kappa shape index (κ2) is 3.75. The Hall–Kier alpha value is -1.52. The highest BCUT2D eigenvalue weighted by Crippen LogP contribution is 2.49. The standard InChI is InChI=1S/C12H11F3O2/c13-12(14,15)9-4-2-1-3-8(9)7-11(5-6-11)10(16)17/h1-4H,5-7H2,(H,16,17). The molecule has 0 amide bonds. The molecule has 0 atom stereocenters. The highest BCUT2D eigenvalue weighted by Gasteiger charge is 2.51. The van der Waals surface area contributed by atoms with Gasteiger partial charge in [-0.1, -0.05) is 18.2 Å². The van der Waals surface area contributed by atoms with E-state index in [1.165, 1.54) is 18.2 Å². The van der Waals surface area contributed by atoms with Crippen LogP contribution in [-0.2, 0) is 17.4 Å². The predicted octanol–water partition coefficient (Wildman–Crippen LogP) is 3.11. The number of hydrogen-bond donors (Lipinski definition) is 1. The van der Waals surface area contributed by atoms with E-state index in [-0.39, 0.29) is 12.0 Å². The maximum absolute atomic E-state index is 12.7. The third kappa shape index (κ3) is 2.28. The summed E-state index contributed by atoms with van der Waals surface area (Å²) < 4.78 is 38.1. The van der Waals surface area contributed by atoms with E-state index in [2.05, 4.69) is 0 Å². The van der Waals surface area contributed by atoms with Crippen molar-refractivity contribution in [2.24, 2.45) is 5.41 Å². The Balaban J connectivity index is 2.31. The van der Waals surface area contributed by atoms with Gasteiger partial charge in [-0.3, -0.25) is 4.79 Å². The minimum absolute atomic E-state index is 0.0436. The van der Waals surface area contributed by atoms with Crippen LogP contribution in [-0.4, -0.2) is 11.1 Å². The van der Waals surface area contributed by atoms with Gasteiger partial charge < -0.3 is 5.11 Å². The molecule has 17 heavy (non-hydrogen) atoms. The maximum atomic E-state index is 12.7. The van der Waals surface area contributed by atoms with Gasteiger partial charge in [0.25, 0.3) is 0 Å². The number of carboxylic acid groups (broad SMARTS) is 1. The predicted molar refractivity (Wildman–Crippen MR) is 54.5 cm³/mol. The van der Waals surface area contributed by atoms with Gasteiger partial charge in [0, 0.05) is 0 Å². The summed E-state index contributed by atoms with van der Waals surface area (Å²) in [4.78, 5) is 11.0. The molecular weight excluding hydrogens is 233 g/mol. The van der Waals surface area contributed by atoms with Crippen molar-refractivity contribution in [3.05, 3.63) is 35.4 Å². The largest absolute Gasteiger partial charge is 0.481 e. The van der Waals surface area contributed by atoms with Gasteiger partial charge in [0.2, 0.25) is 0 Å². The maximum Gasteiger partial charge on any atom is 0.416 e. The second-order valence-electron chi connectivity index (χ2n) is 4.42. The number of aliphatic carboxylic acids is 1. The zero-order valence-corrected chi connectivity index (χ0v) is 8.92. The lowest BCUT2D eigenvalue weighted by Gasteiger charge is -2.15. The van der Waals surface area contributed by atoms with Gasteiger partial charge in [-0.25, -0.2) is 0 Å². The molecule has 2 nitrogen and oxygen atoms in total. The summed E-state index contributed by atoms with van der Waals surface area (Å²) in [6.07, 6.45) is -3.56. The van der Waals surface area contributed by atoms with E-state index in [0.717, 1.165) is 6.07 Å². The van der Waals surface area contributed by atoms with Gasteiger partial charge in [-0.15, -0.1) is 0 Å². The third-order valence-electron chi connectivity index (χ3n) is 3.16. The quantitative estimate of drug-likeness (QED) is 0.887. The minimum Gasteiger partial charge on any atom is -0.481 e. The molecule has 1 aromatic carbocycles. The highest BCUT2D eigenvalue weighted by atomic mass is 19.4. The molecule has 1 aliphatic rings. The first-order valence-corrected chi connectivity index (χ1v) is 5.24. The lowest BCUT2D eigenvalue weighted by atomic mass is 9.93. The molecule has 0 saturated heterocycles. The number of alkyl halides is 3. The van der Waals surface area contributed by atoms with E-state index in [0.29, 0.717) is 12.8 Å². The zero-order chi connectivity index (χ0) is 12.7. The molecule has 92 valence electrons. The third-order valence-corrected chi connectivity index (χ3v) is 3.16. The summed E-state index contributed by atoms with van der Waals surface area (Å²) in [5.74, 6) is -1.01. The molecule has 1 N–H and O–H groups in total. The molecule has 0 radical (unpaired) electrons. The zero-order valence-electron chi connectivity index (χ0n) is 8.92. The normalized spacial score (nSPS) is 17.8. The van der Waals surface area contributed by atoms with E-state index in [1.54, 1.807) is 0 Å². The fourth-order valence-corrected chi connectivity index (χ4v) is 1.93. The van der Waals surface area contributed by atoms with Crippen LogP contribution < -0.4 is 0 Å². The van der Waals surface area contributed by atoms with Crippen molar-refractivity contribution in [2.45, 2.75) is 25.4 Å². The first-order chi connectivity index (χ1) is 7.85. The van der Waals surface area contributed by atoms with E-state index < -0.39 is 23.1 Å². The van der Waals surface area contributed by atoms with Gasteiger partial charge in [-0.2, -0.15) is 13.2 Å². The molecule has 2 rings (SSSR count). The Morgan fingerprint density at radius 3 is 2.35 bits per heavy atom. The number of halogens is 3. The number of carboxylic acids is 1. The van der Waals surface area contributed by atoms with Crippen molar-refractivity contribution in [1.82, 2.24) is 0 Å². The molecular formula is C12H11F3O2. The second-order valence-corrected chi connectivity index (χ2v) is 4.42. The SMILES string of the molecule is O=C(O)C1(Cc2ccccc2C(F)(F)F)CC1. The van der Waals surface area contributed by atoms with E-state index in [9.17, 15) is 18.0 Å². The fraction of sp³-hybridized carbons (Fsp3) is 0.417. The summed E-state index contributed by atoms with van der Waals surface area (Å²) in [6.45, 7) is 0. The van der Waals surface area contributed by atoms with E-state index >= 15 is 0 Å². The monoisotopic (exact) mass is 244 g/mol. The molecule has 5 heteroatoms. The lowest BCUT2D eigenvalue weighted by molar-refractivity contribution is -0.144. The van der Waals surface area contributed by atoms with Gasteiger partial charge in [0.15, 0.2) is 0 Å². The Labute approximate surface area is 96.1 Å². The summed E-state index contributed by atoms with van der Waals surface area (Å²) >= 11 is 0. The van der Waals surface area contributed by atoms with Gasteiger partial charge in [0.1, 0.15) is 0 Å². The number of carbonyl (C=O) groups is 1. The van der Waals surface area contributed by atoms with Crippen molar-refractivity contribution in [3.63, 3.8) is 0 Å². The molecule has 0 heterocycles. The van der Waals surface area contributed by atoms with Crippen LogP contribution >= 0.6 is 0 Å². The van der Waals surface area contributed by atoms with Crippen LogP contribution in [0.25, 0.3) is 0 Å². The van der Waals surface area contributed by atoms with E-state index in [4.69, 9.17) is 5.11 Å². The van der Waals surface area contributed by atoms with Crippen LogP contribution in [0, 0.1) is 5.41 Å². The van der Waals surface area contributed by atoms with Crippen LogP contribution in [0.3, 0.4) is 0 Å². The van der Waals surface area contributed by atoms with Crippen LogP contribution in [0.1, 0.15) is 24.0 Å². The number of hydrogen-bond acceptors (Lipinski definition) is 1. The molecule has 1 aliphatic carbocycles. The van der Waals surface area contributed by atoms with Crippen molar-refractivity contribution in [3.8, 4) is 0 Å². The molecule has 1 aromatic rings. The Morgan fingerprint density at radius 1 is 1.29 bits per heavy atom. The molecule has 1 saturated carbocycles. The Bertz CT molecular complexity index is 447. The Morgan fingerprint density at radius 2 is 1.88 bits per heavy atom. The minimum atomic E-state index is -4.43. The Kier molecular flexibility index (Phi) is 2.64. The topological polar surface area (TPSA) is 37.3 Å². The summed E-state index contributed by atoms with van der Waals surface area (Å²) in [7, 11) is 0. The average Bonchev–Trinajstić information content (AvgIpc) is 2.98. The average molecular weight is 244 g/mol. The summed E-state index contributed by atoms with van der Waals surface area (Å²) in [5.41, 5.74) is -1.63. The summed E-state index contributed by atoms with van der Waals surface area (Å²) in [5, 5.41) is 8.98. The fourth-order valence-electron chi connectivity index (χ4n) is 1.93. The molecule has 0 bridgehead atoms. The van der Waals surface area contributed by atoms with Crippen LogP contribution in [0.15, 0.2) is 24.3 Å². The molecule has 0 aromatic heterocycles. The van der Waals surface area contributed by atoms with Crippen LogP contribution in [0.4, 0.5) is 13.2 Å². The molecule has 1 fully saturated rings. The lowest BCUT2D eigenvalue weighted by Crippen LogP contribution is -2.20. The number of rotatable bonds is 3. The smallest absolute Gasteiger partial charge is 0.416 e.